The maximum Gasteiger partial charge on any atom is 0.353 e. The summed E-state index contributed by atoms with van der Waals surface area (Å²) in [5.74, 6) is 3.37. The third-order valence-electron chi connectivity index (χ3n) is 4.99. The molecule has 0 atom stereocenters. The lowest BCUT2D eigenvalue weighted by Crippen LogP contribution is -2.28. The van der Waals surface area contributed by atoms with Crippen molar-refractivity contribution in [2.75, 3.05) is 7.11 Å². The van der Waals surface area contributed by atoms with Crippen LogP contribution in [0.15, 0.2) is 65.8 Å². The van der Waals surface area contributed by atoms with E-state index in [1.54, 1.807) is 0 Å². The van der Waals surface area contributed by atoms with Gasteiger partial charge in [-0.3, -0.25) is 4.84 Å². The van der Waals surface area contributed by atoms with E-state index in [0.29, 0.717) is 31.4 Å². The van der Waals surface area contributed by atoms with E-state index >= 15 is 0 Å². The first kappa shape index (κ1) is 27.4. The number of halogens is 2. The Kier molecular flexibility index (Phi) is 10.1. The van der Waals surface area contributed by atoms with Crippen molar-refractivity contribution in [3.8, 4) is 0 Å². The average molecular weight is 485 g/mol. The largest absolute Gasteiger partial charge is 0.479 e. The zero-order valence-electron chi connectivity index (χ0n) is 17.4. The van der Waals surface area contributed by atoms with Crippen molar-refractivity contribution in [3.05, 3.63) is 71.8 Å². The maximum atomic E-state index is 11.8. The van der Waals surface area contributed by atoms with Gasteiger partial charge in [-0.15, -0.1) is 24.8 Å². The van der Waals surface area contributed by atoms with E-state index in [0.717, 1.165) is 11.1 Å². The van der Waals surface area contributed by atoms with E-state index in [2.05, 4.69) is 15.9 Å². The van der Waals surface area contributed by atoms with E-state index < -0.39 is 17.2 Å². The highest BCUT2D eigenvalue weighted by Crippen LogP contribution is 2.41. The molecule has 2 aromatic carbocycles. The molecule has 2 aromatic rings. The molecule has 0 amide bonds. The number of oxime groups is 1. The highest BCUT2D eigenvalue weighted by Gasteiger charge is 2.55. The molecule has 2 aliphatic carbocycles. The summed E-state index contributed by atoms with van der Waals surface area (Å²) >= 11 is 0. The monoisotopic (exact) mass is 484 g/mol. The summed E-state index contributed by atoms with van der Waals surface area (Å²) in [4.78, 5) is 31.7. The Morgan fingerprint density at radius 3 is 1.59 bits per heavy atom. The quantitative estimate of drug-likeness (QED) is 0.350. The lowest BCUT2D eigenvalue weighted by Gasteiger charge is -2.13. The average Bonchev–Trinajstić information content (AvgIpc) is 3.70. The fourth-order valence-electron chi connectivity index (χ4n) is 2.73. The molecule has 32 heavy (non-hydrogen) atoms. The Morgan fingerprint density at radius 1 is 0.875 bits per heavy atom. The van der Waals surface area contributed by atoms with Gasteiger partial charge in [0.05, 0.1) is 7.11 Å². The Hall–Kier alpha value is -2.65. The molecular weight excluding hydrogens is 459 g/mol. The van der Waals surface area contributed by atoms with Gasteiger partial charge < -0.3 is 14.7 Å². The molecular formula is C22H26Cl2N2O6. The highest BCUT2D eigenvalue weighted by molar-refractivity contribution is 6.12. The molecule has 0 saturated heterocycles. The first-order valence-corrected chi connectivity index (χ1v) is 9.53. The molecule has 0 unspecified atom stereocenters. The predicted molar refractivity (Wildman–Crippen MR) is 123 cm³/mol. The van der Waals surface area contributed by atoms with Crippen LogP contribution in [0.1, 0.15) is 36.8 Å². The van der Waals surface area contributed by atoms with E-state index in [9.17, 15) is 9.59 Å². The van der Waals surface area contributed by atoms with Crippen molar-refractivity contribution in [1.29, 1.82) is 0 Å². The van der Waals surface area contributed by atoms with Gasteiger partial charge in [-0.25, -0.2) is 15.5 Å². The summed E-state index contributed by atoms with van der Waals surface area (Å²) in [7, 11) is 1.37. The smallest absolute Gasteiger partial charge is 0.353 e. The summed E-state index contributed by atoms with van der Waals surface area (Å²) in [6.07, 6.45) is 2.36. The first-order chi connectivity index (χ1) is 14.5. The Labute approximate surface area is 198 Å². The summed E-state index contributed by atoms with van der Waals surface area (Å²) in [5.41, 5.74) is 0.670. The number of hydrogen-bond donors (Lipinski definition) is 2. The van der Waals surface area contributed by atoms with Crippen LogP contribution in [0.3, 0.4) is 0 Å². The molecule has 2 aliphatic rings. The number of methoxy groups -OCH3 is 1. The van der Waals surface area contributed by atoms with Crippen LogP contribution in [0.4, 0.5) is 0 Å². The van der Waals surface area contributed by atoms with Gasteiger partial charge in [-0.05, 0) is 12.8 Å². The number of ether oxygens (including phenoxy) is 1. The Morgan fingerprint density at radius 2 is 1.31 bits per heavy atom. The molecule has 2 saturated carbocycles. The standard InChI is InChI=1S/C18H17NO3.C4H7NO3.2ClH/c1-21-17(20)18(12-13-18)22-19-16(14-8-4-2-5-9-14)15-10-6-3-7-11-15;5-8-4(1-2-4)3(6)7;;/h2-11H,12-13H2,1H3;1-2,5H2,(H,6,7);2*1H. The molecule has 2 fully saturated rings. The fraction of sp³-hybridized carbons (Fsp3) is 0.318. The summed E-state index contributed by atoms with van der Waals surface area (Å²) < 4.78 is 4.79. The minimum absolute atomic E-state index is 0. The summed E-state index contributed by atoms with van der Waals surface area (Å²) in [5, 5.41) is 12.6. The molecule has 0 aromatic heterocycles. The molecule has 0 bridgehead atoms. The molecule has 0 spiro atoms. The predicted octanol–water partition coefficient (Wildman–Crippen LogP) is 3.50. The van der Waals surface area contributed by atoms with E-state index in [-0.39, 0.29) is 30.8 Å². The van der Waals surface area contributed by atoms with E-state index in [1.807, 2.05) is 60.7 Å². The number of rotatable bonds is 7. The van der Waals surface area contributed by atoms with Crippen LogP contribution in [0.5, 0.6) is 0 Å². The minimum atomic E-state index is -1.01. The molecule has 8 nitrogen and oxygen atoms in total. The number of carbonyl (C=O) groups excluding carboxylic acids is 1. The number of carbonyl (C=O) groups is 2. The second-order valence-corrected chi connectivity index (χ2v) is 7.17. The normalized spacial score (nSPS) is 15.8. The number of carboxylic acids is 1. The second-order valence-electron chi connectivity index (χ2n) is 7.17. The van der Waals surface area contributed by atoms with Crippen LogP contribution in [0, 0.1) is 0 Å². The number of aliphatic carboxylic acids is 1. The first-order valence-electron chi connectivity index (χ1n) is 9.53. The number of carboxylic acid groups (broad SMARTS) is 1. The molecule has 4 rings (SSSR count). The third kappa shape index (κ3) is 6.43. The summed E-state index contributed by atoms with van der Waals surface area (Å²) in [6.45, 7) is 0. The molecule has 174 valence electrons. The SMILES string of the molecule is COC(=O)C1(ON=C(c2ccccc2)c2ccccc2)CC1.Cl.Cl.NOC1(C(=O)O)CC1. The molecule has 0 radical (unpaired) electrons. The van der Waals surface area contributed by atoms with Gasteiger partial charge >= 0.3 is 11.9 Å². The van der Waals surface area contributed by atoms with Crippen molar-refractivity contribution in [2.24, 2.45) is 11.1 Å². The van der Waals surface area contributed by atoms with Gasteiger partial charge in [0.1, 0.15) is 5.71 Å². The minimum Gasteiger partial charge on any atom is -0.479 e. The summed E-state index contributed by atoms with van der Waals surface area (Å²) in [6, 6.07) is 19.5. The lowest BCUT2D eigenvalue weighted by atomic mass is 10.0. The van der Waals surface area contributed by atoms with Crippen LogP contribution >= 0.6 is 24.8 Å². The number of benzene rings is 2. The maximum absolute atomic E-state index is 11.8. The molecule has 3 N–H and O–H groups in total. The van der Waals surface area contributed by atoms with Gasteiger partial charge in [0.25, 0.3) is 0 Å². The van der Waals surface area contributed by atoms with Crippen molar-refractivity contribution < 1.29 is 29.1 Å². The molecule has 0 heterocycles. The lowest BCUT2D eigenvalue weighted by molar-refractivity contribution is -0.157. The van der Waals surface area contributed by atoms with E-state index in [4.69, 9.17) is 14.7 Å². The zero-order chi connectivity index (χ0) is 21.6. The van der Waals surface area contributed by atoms with Crippen LogP contribution < -0.4 is 5.90 Å². The van der Waals surface area contributed by atoms with Crippen LogP contribution in [-0.2, 0) is 24.0 Å². The number of esters is 1. The van der Waals surface area contributed by atoms with Crippen LogP contribution in [0.2, 0.25) is 0 Å². The van der Waals surface area contributed by atoms with Crippen LogP contribution in [0.25, 0.3) is 0 Å². The topological polar surface area (TPSA) is 120 Å². The number of nitrogens with two attached hydrogens (primary N) is 1. The fourth-order valence-corrected chi connectivity index (χ4v) is 2.73. The van der Waals surface area contributed by atoms with Gasteiger partial charge in [0.15, 0.2) is 5.60 Å². The van der Waals surface area contributed by atoms with Gasteiger partial charge in [0.2, 0.25) is 5.60 Å². The van der Waals surface area contributed by atoms with Gasteiger partial charge in [-0.1, -0.05) is 65.8 Å². The zero-order valence-corrected chi connectivity index (χ0v) is 19.1. The third-order valence-corrected chi connectivity index (χ3v) is 4.99. The van der Waals surface area contributed by atoms with Gasteiger partial charge in [0, 0.05) is 24.0 Å². The van der Waals surface area contributed by atoms with Gasteiger partial charge in [-0.2, -0.15) is 0 Å². The van der Waals surface area contributed by atoms with Crippen LogP contribution in [-0.4, -0.2) is 41.1 Å². The van der Waals surface area contributed by atoms with Crippen molar-refractivity contribution in [3.63, 3.8) is 0 Å². The second kappa shape index (κ2) is 11.8. The Balaban J connectivity index is 0.000000437. The van der Waals surface area contributed by atoms with Crippen molar-refractivity contribution in [2.45, 2.75) is 36.9 Å². The Bertz CT molecular complexity index is 875. The number of hydrogen-bond acceptors (Lipinski definition) is 7. The number of nitrogens with zero attached hydrogens (tertiary/aromatic N) is 1. The molecule has 0 aliphatic heterocycles. The van der Waals surface area contributed by atoms with Crippen molar-refractivity contribution >= 4 is 42.5 Å². The van der Waals surface area contributed by atoms with E-state index in [1.165, 1.54) is 7.11 Å². The highest BCUT2D eigenvalue weighted by atomic mass is 35.5. The van der Waals surface area contributed by atoms with Crippen molar-refractivity contribution in [1.82, 2.24) is 0 Å². The molecule has 10 heteroatoms.